The van der Waals surface area contributed by atoms with Crippen LogP contribution in [0.4, 0.5) is 0 Å². The first kappa shape index (κ1) is 22.8. The van der Waals surface area contributed by atoms with Gasteiger partial charge in [-0.05, 0) is 35.7 Å². The lowest BCUT2D eigenvalue weighted by atomic mass is 10.0. The number of halogens is 1. The Balaban J connectivity index is 1.26. The molecule has 0 bridgehead atoms. The molecule has 1 N–H and O–H groups in total. The van der Waals surface area contributed by atoms with Crippen molar-refractivity contribution in [3.05, 3.63) is 63.7 Å². The van der Waals surface area contributed by atoms with Gasteiger partial charge in [-0.3, -0.25) is 24.6 Å². The van der Waals surface area contributed by atoms with Crippen molar-refractivity contribution in [2.45, 2.75) is 38.6 Å². The second-order valence-electron chi connectivity index (χ2n) is 8.79. The first-order valence-electron chi connectivity index (χ1n) is 11.5. The van der Waals surface area contributed by atoms with Crippen LogP contribution in [0.3, 0.4) is 0 Å². The Morgan fingerprint density at radius 2 is 1.94 bits per heavy atom. The number of carbonyl (C=O) groups excluding carboxylic acids is 3. The molecule has 3 aliphatic heterocycles. The molecule has 1 atom stereocenters. The van der Waals surface area contributed by atoms with Gasteiger partial charge in [0.2, 0.25) is 11.8 Å². The van der Waals surface area contributed by atoms with E-state index in [1.165, 1.54) is 4.90 Å². The highest BCUT2D eigenvalue weighted by Crippen LogP contribution is 2.34. The number of carbonyl (C=O) groups is 3. The van der Waals surface area contributed by atoms with Gasteiger partial charge in [0.1, 0.15) is 18.4 Å². The zero-order valence-electron chi connectivity index (χ0n) is 18.7. The summed E-state index contributed by atoms with van der Waals surface area (Å²) in [5.74, 6) is -0.338. The van der Waals surface area contributed by atoms with Crippen LogP contribution in [0, 0.1) is 0 Å². The molecule has 3 aliphatic rings. The Bertz CT molecular complexity index is 1130. The summed E-state index contributed by atoms with van der Waals surface area (Å²) >= 11 is 6.55. The number of benzene rings is 2. The fourth-order valence-corrected chi connectivity index (χ4v) is 4.93. The van der Waals surface area contributed by atoms with Crippen LogP contribution in [0.1, 0.15) is 39.9 Å². The predicted octanol–water partition coefficient (Wildman–Crippen LogP) is 2.51. The number of ether oxygens (including phenoxy) is 2. The van der Waals surface area contributed by atoms with Crippen LogP contribution in [-0.4, -0.2) is 59.9 Å². The van der Waals surface area contributed by atoms with Gasteiger partial charge in [-0.15, -0.1) is 0 Å². The van der Waals surface area contributed by atoms with Crippen LogP contribution in [-0.2, 0) is 34.0 Å². The topological polar surface area (TPSA) is 88.2 Å². The van der Waals surface area contributed by atoms with Crippen molar-refractivity contribution in [1.82, 2.24) is 15.1 Å². The van der Waals surface area contributed by atoms with Gasteiger partial charge in [-0.25, -0.2) is 0 Å². The van der Waals surface area contributed by atoms with Crippen LogP contribution < -0.4 is 10.1 Å². The summed E-state index contributed by atoms with van der Waals surface area (Å²) in [5.41, 5.74) is 3.28. The minimum absolute atomic E-state index is 0.217. The van der Waals surface area contributed by atoms with Gasteiger partial charge in [0.15, 0.2) is 0 Å². The number of hydrogen-bond acceptors (Lipinski definition) is 6. The summed E-state index contributed by atoms with van der Waals surface area (Å²) < 4.78 is 11.5. The molecule has 5 rings (SSSR count). The number of imide groups is 1. The molecule has 178 valence electrons. The van der Waals surface area contributed by atoms with Crippen molar-refractivity contribution < 1.29 is 23.9 Å². The fourth-order valence-electron chi connectivity index (χ4n) is 4.66. The van der Waals surface area contributed by atoms with Crippen LogP contribution in [0.5, 0.6) is 5.75 Å². The number of morpholine rings is 1. The van der Waals surface area contributed by atoms with Crippen molar-refractivity contribution in [1.29, 1.82) is 0 Å². The second kappa shape index (κ2) is 9.74. The summed E-state index contributed by atoms with van der Waals surface area (Å²) in [6.45, 7) is 4.65. The van der Waals surface area contributed by atoms with E-state index in [1.807, 2.05) is 24.3 Å². The number of nitrogens with one attached hydrogen (secondary N) is 1. The normalized spacial score (nSPS) is 20.9. The maximum Gasteiger partial charge on any atom is 0.255 e. The molecular formula is C25H26ClN3O5. The Kier molecular flexibility index (Phi) is 6.54. The van der Waals surface area contributed by atoms with Crippen molar-refractivity contribution in [2.24, 2.45) is 0 Å². The van der Waals surface area contributed by atoms with Crippen LogP contribution in [0.25, 0.3) is 0 Å². The summed E-state index contributed by atoms with van der Waals surface area (Å²) in [4.78, 5) is 40.6. The van der Waals surface area contributed by atoms with Crippen molar-refractivity contribution in [3.8, 4) is 5.75 Å². The minimum Gasteiger partial charge on any atom is -0.489 e. The smallest absolute Gasteiger partial charge is 0.255 e. The molecule has 8 nitrogen and oxygen atoms in total. The van der Waals surface area contributed by atoms with E-state index in [9.17, 15) is 14.4 Å². The highest BCUT2D eigenvalue weighted by Gasteiger charge is 2.40. The number of piperidine rings is 1. The Hall–Kier alpha value is -2.94. The van der Waals surface area contributed by atoms with Gasteiger partial charge in [-0.1, -0.05) is 29.8 Å². The molecule has 3 heterocycles. The Morgan fingerprint density at radius 1 is 1.12 bits per heavy atom. The van der Waals surface area contributed by atoms with Crippen LogP contribution in [0.2, 0.25) is 5.02 Å². The van der Waals surface area contributed by atoms with Gasteiger partial charge in [-0.2, -0.15) is 0 Å². The first-order chi connectivity index (χ1) is 16.5. The SMILES string of the molecule is O=C1CCC(N2Cc3c(OCc4ccc(CN5CCOCC5)c(Cl)c4)cccc3C2=O)C(=O)N1. The van der Waals surface area contributed by atoms with Crippen LogP contribution >= 0.6 is 11.6 Å². The molecule has 2 aromatic rings. The third-order valence-electron chi connectivity index (χ3n) is 6.55. The monoisotopic (exact) mass is 483 g/mol. The third-order valence-corrected chi connectivity index (χ3v) is 6.90. The molecule has 0 aliphatic carbocycles. The number of rotatable bonds is 6. The molecule has 2 fully saturated rings. The van der Waals surface area contributed by atoms with Crippen LogP contribution in [0.15, 0.2) is 36.4 Å². The summed E-state index contributed by atoms with van der Waals surface area (Å²) in [5, 5.41) is 3.02. The third kappa shape index (κ3) is 4.66. The average molecular weight is 484 g/mol. The van der Waals surface area contributed by atoms with Gasteiger partial charge in [0.05, 0.1) is 19.8 Å². The number of amides is 3. The van der Waals surface area contributed by atoms with E-state index in [-0.39, 0.29) is 24.8 Å². The second-order valence-corrected chi connectivity index (χ2v) is 9.19. The highest BCUT2D eigenvalue weighted by molar-refractivity contribution is 6.31. The lowest BCUT2D eigenvalue weighted by Crippen LogP contribution is -2.52. The Morgan fingerprint density at radius 3 is 2.71 bits per heavy atom. The van der Waals surface area contributed by atoms with Crippen molar-refractivity contribution in [3.63, 3.8) is 0 Å². The molecule has 2 saturated heterocycles. The first-order valence-corrected chi connectivity index (χ1v) is 11.8. The molecule has 2 aromatic carbocycles. The summed E-state index contributed by atoms with van der Waals surface area (Å²) in [7, 11) is 0. The maximum absolute atomic E-state index is 13.0. The molecule has 34 heavy (non-hydrogen) atoms. The molecule has 0 spiro atoms. The van der Waals surface area contributed by atoms with E-state index in [0.717, 1.165) is 49.5 Å². The number of hydrogen-bond donors (Lipinski definition) is 1. The minimum atomic E-state index is -0.650. The van der Waals surface area contributed by atoms with Gasteiger partial charge >= 0.3 is 0 Å². The maximum atomic E-state index is 13.0. The fraction of sp³-hybridized carbons (Fsp3) is 0.400. The zero-order chi connectivity index (χ0) is 23.7. The molecule has 9 heteroatoms. The molecular weight excluding hydrogens is 458 g/mol. The molecule has 3 amide bonds. The lowest BCUT2D eigenvalue weighted by Gasteiger charge is -2.29. The zero-order valence-corrected chi connectivity index (χ0v) is 19.5. The number of nitrogens with zero attached hydrogens (tertiary/aromatic N) is 2. The van der Waals surface area contributed by atoms with Crippen molar-refractivity contribution >= 4 is 29.3 Å². The van der Waals surface area contributed by atoms with E-state index < -0.39 is 11.9 Å². The Labute approximate surface area is 202 Å². The van der Waals surface area contributed by atoms with Crippen molar-refractivity contribution in [2.75, 3.05) is 26.3 Å². The van der Waals surface area contributed by atoms with E-state index in [2.05, 4.69) is 10.2 Å². The standard InChI is InChI=1S/C25H26ClN3O5/c26-20-12-16(4-5-17(20)13-28-8-10-33-11-9-28)15-34-22-3-1-2-18-19(22)14-29(25(18)32)21-6-7-23(30)27-24(21)31/h1-5,12,21H,6-11,13-15H2,(H,27,30,31). The molecule has 0 aromatic heterocycles. The molecule has 0 radical (unpaired) electrons. The summed E-state index contributed by atoms with van der Waals surface area (Å²) in [6.07, 6.45) is 0.554. The predicted molar refractivity (Wildman–Crippen MR) is 124 cm³/mol. The van der Waals surface area contributed by atoms with Gasteiger partial charge in [0, 0.05) is 42.2 Å². The molecule has 0 saturated carbocycles. The van der Waals surface area contributed by atoms with Gasteiger partial charge < -0.3 is 14.4 Å². The van der Waals surface area contributed by atoms with Gasteiger partial charge in [0.25, 0.3) is 5.91 Å². The van der Waals surface area contributed by atoms with E-state index in [1.54, 1.807) is 12.1 Å². The average Bonchev–Trinajstić information content (AvgIpc) is 3.17. The quantitative estimate of drug-likeness (QED) is 0.635. The van der Waals surface area contributed by atoms with E-state index in [4.69, 9.17) is 21.1 Å². The number of fused-ring (bicyclic) bond motifs is 1. The highest BCUT2D eigenvalue weighted by atomic mass is 35.5. The molecule has 1 unspecified atom stereocenters. The van der Waals surface area contributed by atoms with E-state index in [0.29, 0.717) is 29.4 Å². The summed E-state index contributed by atoms with van der Waals surface area (Å²) in [6, 6.07) is 10.6. The lowest BCUT2D eigenvalue weighted by molar-refractivity contribution is -0.136. The largest absolute Gasteiger partial charge is 0.489 e. The van der Waals surface area contributed by atoms with E-state index >= 15 is 0 Å².